The fourth-order valence-electron chi connectivity index (χ4n) is 3.89. The van der Waals surface area contributed by atoms with Gasteiger partial charge in [-0.15, -0.1) is 0 Å². The van der Waals surface area contributed by atoms with Gasteiger partial charge in [-0.2, -0.15) is 0 Å². The molecule has 6 heteroatoms. The summed E-state index contributed by atoms with van der Waals surface area (Å²) in [7, 11) is 1.70. The van der Waals surface area contributed by atoms with E-state index in [-0.39, 0.29) is 23.8 Å². The van der Waals surface area contributed by atoms with E-state index in [1.807, 2.05) is 36.1 Å². The molecule has 1 N–H and O–H groups in total. The fraction of sp³-hybridized carbons (Fsp3) is 0.619. The van der Waals surface area contributed by atoms with E-state index in [2.05, 4.69) is 10.2 Å². The van der Waals surface area contributed by atoms with Gasteiger partial charge in [0.15, 0.2) is 0 Å². The van der Waals surface area contributed by atoms with Gasteiger partial charge in [0.25, 0.3) is 5.91 Å². The van der Waals surface area contributed by atoms with Gasteiger partial charge in [0.2, 0.25) is 5.91 Å². The third kappa shape index (κ3) is 5.30. The van der Waals surface area contributed by atoms with Crippen LogP contribution in [0.1, 0.15) is 35.2 Å². The van der Waals surface area contributed by atoms with Crippen molar-refractivity contribution in [3.63, 3.8) is 0 Å². The molecule has 3 rings (SSSR count). The second-order valence-electron chi connectivity index (χ2n) is 7.72. The predicted molar refractivity (Wildman–Crippen MR) is 105 cm³/mol. The zero-order chi connectivity index (χ0) is 19.2. The highest BCUT2D eigenvalue weighted by Gasteiger charge is 2.30. The lowest BCUT2D eigenvalue weighted by molar-refractivity contribution is -0.125. The molecule has 2 aliphatic rings. The Labute approximate surface area is 161 Å². The number of benzene rings is 1. The number of carbonyl (C=O) groups excluding carboxylic acids is 2. The number of methoxy groups -OCH3 is 1. The van der Waals surface area contributed by atoms with Gasteiger partial charge in [0.1, 0.15) is 0 Å². The number of nitrogens with one attached hydrogen (secondary N) is 1. The van der Waals surface area contributed by atoms with Gasteiger partial charge in [-0.25, -0.2) is 0 Å². The van der Waals surface area contributed by atoms with Crippen LogP contribution in [-0.2, 0) is 9.53 Å². The first-order valence-corrected chi connectivity index (χ1v) is 9.94. The molecule has 0 saturated carbocycles. The van der Waals surface area contributed by atoms with Crippen LogP contribution in [-0.4, -0.2) is 74.1 Å². The highest BCUT2D eigenvalue weighted by atomic mass is 16.5. The molecule has 2 saturated heterocycles. The molecule has 27 heavy (non-hydrogen) atoms. The van der Waals surface area contributed by atoms with E-state index < -0.39 is 0 Å². The van der Waals surface area contributed by atoms with Gasteiger partial charge < -0.3 is 19.9 Å². The Morgan fingerprint density at radius 1 is 1.11 bits per heavy atom. The van der Waals surface area contributed by atoms with Crippen LogP contribution in [0.15, 0.2) is 24.3 Å². The highest BCUT2D eigenvalue weighted by molar-refractivity contribution is 5.94. The summed E-state index contributed by atoms with van der Waals surface area (Å²) in [6.07, 6.45) is 2.56. The zero-order valence-corrected chi connectivity index (χ0v) is 16.4. The Morgan fingerprint density at radius 2 is 1.81 bits per heavy atom. The number of amides is 2. The van der Waals surface area contributed by atoms with Crippen molar-refractivity contribution in [1.29, 1.82) is 0 Å². The second kappa shape index (κ2) is 9.33. The van der Waals surface area contributed by atoms with E-state index in [1.165, 1.54) is 0 Å². The summed E-state index contributed by atoms with van der Waals surface area (Å²) in [6.45, 7) is 6.79. The Bertz CT molecular complexity index is 639. The van der Waals surface area contributed by atoms with E-state index in [0.717, 1.165) is 50.0 Å². The van der Waals surface area contributed by atoms with Gasteiger partial charge >= 0.3 is 0 Å². The van der Waals surface area contributed by atoms with E-state index in [9.17, 15) is 9.59 Å². The molecule has 1 aromatic carbocycles. The molecule has 1 aromatic rings. The molecule has 0 aromatic heterocycles. The Kier molecular flexibility index (Phi) is 6.85. The SMILES string of the molecule is COCCN1CC[C@H](C(=O)NC2CCN(C(=O)c3ccc(C)cc3)CC2)C1. The van der Waals surface area contributed by atoms with Crippen molar-refractivity contribution >= 4 is 11.8 Å². The lowest BCUT2D eigenvalue weighted by Crippen LogP contribution is -2.48. The van der Waals surface area contributed by atoms with E-state index in [1.54, 1.807) is 7.11 Å². The largest absolute Gasteiger partial charge is 0.383 e. The molecule has 2 amide bonds. The first-order chi connectivity index (χ1) is 13.1. The molecule has 6 nitrogen and oxygen atoms in total. The smallest absolute Gasteiger partial charge is 0.253 e. The first kappa shape index (κ1) is 19.8. The van der Waals surface area contributed by atoms with Crippen LogP contribution in [0, 0.1) is 12.8 Å². The number of rotatable bonds is 6. The predicted octanol–water partition coefficient (Wildman–Crippen LogP) is 1.68. The maximum Gasteiger partial charge on any atom is 0.253 e. The summed E-state index contributed by atoms with van der Waals surface area (Å²) in [5.41, 5.74) is 1.89. The number of likely N-dealkylation sites (tertiary alicyclic amines) is 2. The van der Waals surface area contributed by atoms with Crippen molar-refractivity contribution in [2.45, 2.75) is 32.2 Å². The molecular formula is C21H31N3O3. The van der Waals surface area contributed by atoms with Gasteiger partial charge in [0, 0.05) is 44.9 Å². The number of carbonyl (C=O) groups is 2. The van der Waals surface area contributed by atoms with Crippen LogP contribution in [0.25, 0.3) is 0 Å². The summed E-state index contributed by atoms with van der Waals surface area (Å²) in [6, 6.07) is 7.89. The minimum Gasteiger partial charge on any atom is -0.383 e. The van der Waals surface area contributed by atoms with Crippen molar-refractivity contribution in [3.05, 3.63) is 35.4 Å². The lowest BCUT2D eigenvalue weighted by Gasteiger charge is -2.33. The van der Waals surface area contributed by atoms with Crippen molar-refractivity contribution in [2.75, 3.05) is 46.4 Å². The molecule has 148 valence electrons. The Hall–Kier alpha value is -1.92. The number of ether oxygens (including phenoxy) is 1. The van der Waals surface area contributed by atoms with Crippen LogP contribution in [0.5, 0.6) is 0 Å². The average Bonchev–Trinajstić information content (AvgIpc) is 3.16. The zero-order valence-electron chi connectivity index (χ0n) is 16.4. The molecule has 0 radical (unpaired) electrons. The van der Waals surface area contributed by atoms with Crippen molar-refractivity contribution in [1.82, 2.24) is 15.1 Å². The van der Waals surface area contributed by atoms with Crippen molar-refractivity contribution in [3.8, 4) is 0 Å². The molecule has 2 aliphatic heterocycles. The number of hydrogen-bond acceptors (Lipinski definition) is 4. The molecule has 2 heterocycles. The van der Waals surface area contributed by atoms with Gasteiger partial charge in [-0.3, -0.25) is 9.59 Å². The number of aryl methyl sites for hydroxylation is 1. The first-order valence-electron chi connectivity index (χ1n) is 9.94. The summed E-state index contributed by atoms with van der Waals surface area (Å²) >= 11 is 0. The minimum absolute atomic E-state index is 0.0778. The Morgan fingerprint density at radius 3 is 2.48 bits per heavy atom. The minimum atomic E-state index is 0.0778. The molecule has 2 fully saturated rings. The van der Waals surface area contributed by atoms with E-state index >= 15 is 0 Å². The third-order valence-corrected chi connectivity index (χ3v) is 5.68. The van der Waals surface area contributed by atoms with Crippen molar-refractivity contribution in [2.24, 2.45) is 5.92 Å². The van der Waals surface area contributed by atoms with Crippen LogP contribution in [0.3, 0.4) is 0 Å². The number of nitrogens with zero attached hydrogens (tertiary/aromatic N) is 2. The van der Waals surface area contributed by atoms with Gasteiger partial charge in [0.05, 0.1) is 12.5 Å². The van der Waals surface area contributed by atoms with Crippen LogP contribution >= 0.6 is 0 Å². The molecule has 0 aliphatic carbocycles. The summed E-state index contributed by atoms with van der Waals surface area (Å²) < 4.78 is 5.11. The van der Waals surface area contributed by atoms with Crippen LogP contribution < -0.4 is 5.32 Å². The number of hydrogen-bond donors (Lipinski definition) is 1. The van der Waals surface area contributed by atoms with Crippen molar-refractivity contribution < 1.29 is 14.3 Å². The maximum absolute atomic E-state index is 12.6. The third-order valence-electron chi connectivity index (χ3n) is 5.68. The molecule has 0 spiro atoms. The average molecular weight is 373 g/mol. The standard InChI is InChI=1S/C21H31N3O3/c1-16-3-5-17(6-4-16)21(26)24-11-8-19(9-12-24)22-20(25)18-7-10-23(15-18)13-14-27-2/h3-6,18-19H,7-15H2,1-2H3,(H,22,25)/t18-/m0/s1. The highest BCUT2D eigenvalue weighted by Crippen LogP contribution is 2.19. The lowest BCUT2D eigenvalue weighted by atomic mass is 10.0. The summed E-state index contributed by atoms with van der Waals surface area (Å²) in [5.74, 6) is 0.330. The molecule has 1 atom stereocenters. The van der Waals surface area contributed by atoms with Crippen LogP contribution in [0.4, 0.5) is 0 Å². The number of piperidine rings is 1. The summed E-state index contributed by atoms with van der Waals surface area (Å²) in [4.78, 5) is 29.3. The summed E-state index contributed by atoms with van der Waals surface area (Å²) in [5, 5.41) is 3.21. The quantitative estimate of drug-likeness (QED) is 0.824. The Balaban J connectivity index is 1.42. The molecular weight excluding hydrogens is 342 g/mol. The van der Waals surface area contributed by atoms with Gasteiger partial charge in [-0.1, -0.05) is 17.7 Å². The van der Waals surface area contributed by atoms with Gasteiger partial charge in [-0.05, 0) is 44.9 Å². The molecule has 0 unspecified atom stereocenters. The monoisotopic (exact) mass is 373 g/mol. The maximum atomic E-state index is 12.6. The topological polar surface area (TPSA) is 61.9 Å². The van der Waals surface area contributed by atoms with Crippen LogP contribution in [0.2, 0.25) is 0 Å². The second-order valence-corrected chi connectivity index (χ2v) is 7.72. The molecule has 0 bridgehead atoms. The van der Waals surface area contributed by atoms with E-state index in [4.69, 9.17) is 4.74 Å². The van der Waals surface area contributed by atoms with E-state index in [0.29, 0.717) is 19.7 Å². The fourth-order valence-corrected chi connectivity index (χ4v) is 3.89. The normalized spacial score (nSPS) is 21.4.